The van der Waals surface area contributed by atoms with Crippen LogP contribution in [0, 0.1) is 6.92 Å². The summed E-state index contributed by atoms with van der Waals surface area (Å²) in [6, 6.07) is 17.0. The minimum absolute atomic E-state index is 0.133. The Morgan fingerprint density at radius 3 is 2.45 bits per heavy atom. The molecular weight excluding hydrogens is 488 g/mol. The summed E-state index contributed by atoms with van der Waals surface area (Å²) in [5.41, 5.74) is 3.74. The van der Waals surface area contributed by atoms with Gasteiger partial charge in [-0.15, -0.1) is 0 Å². The van der Waals surface area contributed by atoms with Gasteiger partial charge in [0.05, 0.1) is 7.11 Å². The number of benzene rings is 3. The van der Waals surface area contributed by atoms with Crippen molar-refractivity contribution >= 4 is 33.2 Å². The van der Waals surface area contributed by atoms with Gasteiger partial charge in [0.15, 0.2) is 29.6 Å². The van der Waals surface area contributed by atoms with Crippen molar-refractivity contribution in [2.45, 2.75) is 13.5 Å². The number of aryl methyl sites for hydroxylation is 1. The zero-order valence-electron chi connectivity index (χ0n) is 18.4. The second-order valence-electron chi connectivity index (χ2n) is 7.51. The number of halogens is 1. The molecule has 2 N–H and O–H groups in total. The molecule has 1 aliphatic rings. The molecule has 172 valence electrons. The van der Waals surface area contributed by atoms with Gasteiger partial charge in [0.1, 0.15) is 13.2 Å². The molecule has 0 aliphatic carbocycles. The van der Waals surface area contributed by atoms with E-state index in [1.54, 1.807) is 13.2 Å². The van der Waals surface area contributed by atoms with Crippen molar-refractivity contribution in [2.75, 3.05) is 37.6 Å². The van der Waals surface area contributed by atoms with Crippen LogP contribution < -0.4 is 29.6 Å². The molecular formula is C25H25BrN2O5. The third-order valence-electron chi connectivity index (χ3n) is 5.05. The average Bonchev–Trinajstić information content (AvgIpc) is 2.83. The number of methoxy groups -OCH3 is 1. The van der Waals surface area contributed by atoms with Crippen molar-refractivity contribution in [1.82, 2.24) is 0 Å². The number of nitrogens with one attached hydrogen (secondary N) is 2. The molecule has 0 unspecified atom stereocenters. The van der Waals surface area contributed by atoms with Crippen LogP contribution in [0.15, 0.2) is 59.1 Å². The van der Waals surface area contributed by atoms with E-state index in [-0.39, 0.29) is 12.5 Å². The van der Waals surface area contributed by atoms with Crippen molar-refractivity contribution in [3.63, 3.8) is 0 Å². The Balaban J connectivity index is 1.38. The van der Waals surface area contributed by atoms with E-state index in [1.165, 1.54) is 0 Å². The van der Waals surface area contributed by atoms with E-state index >= 15 is 0 Å². The Morgan fingerprint density at radius 2 is 1.70 bits per heavy atom. The van der Waals surface area contributed by atoms with Crippen molar-refractivity contribution in [3.8, 4) is 23.0 Å². The van der Waals surface area contributed by atoms with Crippen molar-refractivity contribution < 1.29 is 23.7 Å². The number of carbonyl (C=O) groups is 1. The predicted octanol–water partition coefficient (Wildman–Crippen LogP) is 5.17. The Hall–Kier alpha value is -3.39. The second-order valence-corrected chi connectivity index (χ2v) is 8.36. The fourth-order valence-electron chi connectivity index (χ4n) is 3.31. The summed E-state index contributed by atoms with van der Waals surface area (Å²) < 4.78 is 23.3. The Kier molecular flexibility index (Phi) is 7.24. The van der Waals surface area contributed by atoms with Gasteiger partial charge in [0, 0.05) is 28.5 Å². The largest absolute Gasteiger partial charge is 0.493 e. The molecule has 0 atom stereocenters. The quantitative estimate of drug-likeness (QED) is 0.433. The van der Waals surface area contributed by atoms with E-state index < -0.39 is 0 Å². The van der Waals surface area contributed by atoms with Gasteiger partial charge in [0.25, 0.3) is 5.91 Å². The van der Waals surface area contributed by atoms with E-state index in [0.29, 0.717) is 31.3 Å². The van der Waals surface area contributed by atoms with Crippen LogP contribution in [0.5, 0.6) is 23.0 Å². The van der Waals surface area contributed by atoms with E-state index in [1.807, 2.05) is 55.5 Å². The summed E-state index contributed by atoms with van der Waals surface area (Å²) in [5, 5.41) is 6.20. The molecule has 0 saturated carbocycles. The topological polar surface area (TPSA) is 78.1 Å². The van der Waals surface area contributed by atoms with E-state index in [9.17, 15) is 4.79 Å². The third kappa shape index (κ3) is 5.90. The maximum absolute atomic E-state index is 12.3. The molecule has 0 spiro atoms. The fraction of sp³-hybridized carbons (Fsp3) is 0.240. The van der Waals surface area contributed by atoms with Crippen molar-refractivity contribution in [2.24, 2.45) is 0 Å². The van der Waals surface area contributed by atoms with Gasteiger partial charge >= 0.3 is 0 Å². The molecule has 3 aromatic rings. The Bertz CT molecular complexity index is 1130. The maximum atomic E-state index is 12.3. The summed E-state index contributed by atoms with van der Waals surface area (Å²) in [6.07, 6.45) is 0. The lowest BCUT2D eigenvalue weighted by Crippen LogP contribution is -2.20. The summed E-state index contributed by atoms with van der Waals surface area (Å²) >= 11 is 3.59. The molecule has 0 radical (unpaired) electrons. The van der Waals surface area contributed by atoms with Crippen LogP contribution >= 0.6 is 15.9 Å². The Morgan fingerprint density at radius 1 is 0.970 bits per heavy atom. The van der Waals surface area contributed by atoms with Gasteiger partial charge < -0.3 is 29.6 Å². The number of ether oxygens (including phenoxy) is 4. The van der Waals surface area contributed by atoms with Gasteiger partial charge in [0.2, 0.25) is 0 Å². The monoisotopic (exact) mass is 512 g/mol. The highest BCUT2D eigenvalue weighted by molar-refractivity contribution is 9.10. The minimum atomic E-state index is -0.249. The van der Waals surface area contributed by atoms with E-state index in [0.717, 1.165) is 38.5 Å². The summed E-state index contributed by atoms with van der Waals surface area (Å²) in [6.45, 7) is 3.52. The van der Waals surface area contributed by atoms with Gasteiger partial charge in [-0.2, -0.15) is 0 Å². The molecule has 1 heterocycles. The lowest BCUT2D eigenvalue weighted by atomic mass is 10.2. The average molecular weight is 513 g/mol. The Labute approximate surface area is 201 Å². The number of fused-ring (bicyclic) bond motifs is 1. The molecule has 0 bridgehead atoms. The van der Waals surface area contributed by atoms with Gasteiger partial charge in [-0.25, -0.2) is 0 Å². The SMILES string of the molecule is COc1cc(CNc2ccc3c(c2)OCCO3)c(Br)cc1OCC(=O)Nc1ccc(C)cc1. The normalized spacial score (nSPS) is 12.1. The molecule has 0 saturated heterocycles. The highest BCUT2D eigenvalue weighted by Crippen LogP contribution is 2.35. The predicted molar refractivity (Wildman–Crippen MR) is 131 cm³/mol. The van der Waals surface area contributed by atoms with Crippen LogP contribution in [0.25, 0.3) is 0 Å². The van der Waals surface area contributed by atoms with Crippen LogP contribution in [0.1, 0.15) is 11.1 Å². The molecule has 7 nitrogen and oxygen atoms in total. The lowest BCUT2D eigenvalue weighted by molar-refractivity contribution is -0.118. The van der Waals surface area contributed by atoms with Gasteiger partial charge in [-0.05, 0) is 48.9 Å². The molecule has 4 rings (SSSR count). The number of hydrogen-bond acceptors (Lipinski definition) is 6. The molecule has 8 heteroatoms. The zero-order chi connectivity index (χ0) is 23.2. The molecule has 1 amide bonds. The molecule has 3 aromatic carbocycles. The highest BCUT2D eigenvalue weighted by atomic mass is 79.9. The first-order valence-corrected chi connectivity index (χ1v) is 11.3. The number of hydrogen-bond donors (Lipinski definition) is 2. The van der Waals surface area contributed by atoms with Crippen molar-refractivity contribution in [3.05, 3.63) is 70.2 Å². The van der Waals surface area contributed by atoms with Crippen LogP contribution in [0.2, 0.25) is 0 Å². The zero-order valence-corrected chi connectivity index (χ0v) is 20.0. The van der Waals surface area contributed by atoms with Gasteiger partial charge in [-0.1, -0.05) is 33.6 Å². The maximum Gasteiger partial charge on any atom is 0.262 e. The first-order chi connectivity index (χ1) is 16.0. The first-order valence-electron chi connectivity index (χ1n) is 10.5. The fourth-order valence-corrected chi connectivity index (χ4v) is 3.78. The van der Waals surface area contributed by atoms with Gasteiger partial charge in [-0.3, -0.25) is 4.79 Å². The van der Waals surface area contributed by atoms with Crippen molar-refractivity contribution in [1.29, 1.82) is 0 Å². The first kappa shape index (κ1) is 22.8. The van der Waals surface area contributed by atoms with Crippen LogP contribution in [-0.2, 0) is 11.3 Å². The number of amides is 1. The smallest absolute Gasteiger partial charge is 0.262 e. The number of anilines is 2. The standard InChI is InChI=1S/C25H25BrN2O5/c1-16-3-5-18(6-4-16)28-25(29)15-33-24-13-20(26)17(11-22(24)30-2)14-27-19-7-8-21-23(12-19)32-10-9-31-21/h3-8,11-13,27H,9-10,14-15H2,1-2H3,(H,28,29). The highest BCUT2D eigenvalue weighted by Gasteiger charge is 2.14. The summed E-state index contributed by atoms with van der Waals surface area (Å²) in [4.78, 5) is 12.3. The molecule has 1 aliphatic heterocycles. The summed E-state index contributed by atoms with van der Waals surface area (Å²) in [5.74, 6) is 2.26. The number of carbonyl (C=O) groups excluding carboxylic acids is 1. The third-order valence-corrected chi connectivity index (χ3v) is 5.79. The number of rotatable bonds is 8. The van der Waals surface area contributed by atoms with Crippen LogP contribution in [0.3, 0.4) is 0 Å². The molecule has 33 heavy (non-hydrogen) atoms. The summed E-state index contributed by atoms with van der Waals surface area (Å²) in [7, 11) is 1.57. The molecule has 0 aromatic heterocycles. The van der Waals surface area contributed by atoms with E-state index in [4.69, 9.17) is 18.9 Å². The van der Waals surface area contributed by atoms with E-state index in [2.05, 4.69) is 26.6 Å². The van der Waals surface area contributed by atoms with Crippen LogP contribution in [-0.4, -0.2) is 32.8 Å². The minimum Gasteiger partial charge on any atom is -0.493 e. The second kappa shape index (κ2) is 10.5. The molecule has 0 fully saturated rings. The van der Waals surface area contributed by atoms with Crippen LogP contribution in [0.4, 0.5) is 11.4 Å². The lowest BCUT2D eigenvalue weighted by Gasteiger charge is -2.19.